The summed E-state index contributed by atoms with van der Waals surface area (Å²) >= 11 is 0. The van der Waals surface area contributed by atoms with Crippen molar-refractivity contribution in [3.05, 3.63) is 35.4 Å². The number of hydrogen-bond donors (Lipinski definition) is 2. The van der Waals surface area contributed by atoms with Gasteiger partial charge in [0.15, 0.2) is 0 Å². The summed E-state index contributed by atoms with van der Waals surface area (Å²) in [6.45, 7) is 8.28. The second kappa shape index (κ2) is 5.07. The molecule has 3 heterocycles. The molecule has 2 aromatic rings. The molecule has 0 unspecified atom stereocenters. The largest absolute Gasteiger partial charge is 0.344 e. The van der Waals surface area contributed by atoms with E-state index in [1.807, 2.05) is 0 Å². The van der Waals surface area contributed by atoms with Crippen molar-refractivity contribution in [2.45, 2.75) is 45.1 Å². The zero-order valence-corrected chi connectivity index (χ0v) is 15.2. The predicted octanol–water partition coefficient (Wildman–Crippen LogP) is 2.34. The lowest BCUT2D eigenvalue weighted by atomic mass is 10.0. The average molecular weight is 338 g/mol. The fourth-order valence-electron chi connectivity index (χ4n) is 4.68. The van der Waals surface area contributed by atoms with Crippen LogP contribution in [0.1, 0.15) is 49.7 Å². The molecule has 25 heavy (non-hydrogen) atoms. The molecule has 5 heteroatoms. The van der Waals surface area contributed by atoms with Gasteiger partial charge in [-0.1, -0.05) is 6.07 Å². The Kier molecular flexibility index (Phi) is 3.12. The van der Waals surface area contributed by atoms with E-state index >= 15 is 0 Å². The number of aryl methyl sites for hydroxylation is 1. The summed E-state index contributed by atoms with van der Waals surface area (Å²) in [4.78, 5) is 17.8. The second-order valence-electron chi connectivity index (χ2n) is 8.63. The highest BCUT2D eigenvalue weighted by molar-refractivity contribution is 5.83. The first-order valence-electron chi connectivity index (χ1n) is 9.48. The lowest BCUT2D eigenvalue weighted by Gasteiger charge is -2.26. The fraction of sp³-hybridized carbons (Fsp3) is 0.600. The van der Waals surface area contributed by atoms with Gasteiger partial charge >= 0.3 is 0 Å². The summed E-state index contributed by atoms with van der Waals surface area (Å²) in [6.07, 6.45) is 4.54. The number of nitrogens with one attached hydrogen (secondary N) is 2. The Morgan fingerprint density at radius 3 is 2.72 bits per heavy atom. The van der Waals surface area contributed by atoms with Crippen LogP contribution >= 0.6 is 0 Å². The Bertz CT molecular complexity index is 854. The van der Waals surface area contributed by atoms with Gasteiger partial charge in [-0.25, -0.2) is 4.98 Å². The fourth-order valence-corrected chi connectivity index (χ4v) is 4.68. The van der Waals surface area contributed by atoms with E-state index in [4.69, 9.17) is 4.98 Å². The molecule has 1 aliphatic heterocycles. The van der Waals surface area contributed by atoms with E-state index in [0.717, 1.165) is 18.9 Å². The molecule has 3 atom stereocenters. The molecule has 132 valence electrons. The van der Waals surface area contributed by atoms with Gasteiger partial charge in [-0.15, -0.1) is 0 Å². The Hall–Kier alpha value is -1.88. The summed E-state index contributed by atoms with van der Waals surface area (Å²) in [5.41, 5.74) is 3.22. The number of nitrogens with zero attached hydrogens (tertiary/aromatic N) is 2. The third-order valence-electron chi connectivity index (χ3n) is 6.25. The van der Waals surface area contributed by atoms with Gasteiger partial charge in [0.25, 0.3) is 0 Å². The Morgan fingerprint density at radius 2 is 2.04 bits per heavy atom. The number of rotatable bonds is 4. The molecule has 2 aromatic heterocycles. The number of carbonyl (C=O) groups is 1. The Balaban J connectivity index is 1.49. The zero-order chi connectivity index (χ0) is 17.3. The van der Waals surface area contributed by atoms with Crippen molar-refractivity contribution in [1.82, 2.24) is 20.0 Å². The van der Waals surface area contributed by atoms with Gasteiger partial charge in [-0.3, -0.25) is 4.79 Å². The molecular formula is C20H26N4O. The predicted molar refractivity (Wildman–Crippen MR) is 96.4 cm³/mol. The van der Waals surface area contributed by atoms with Gasteiger partial charge in [-0.05, 0) is 70.2 Å². The van der Waals surface area contributed by atoms with Crippen LogP contribution in [0.15, 0.2) is 18.3 Å². The number of piperidine rings is 1. The van der Waals surface area contributed by atoms with Crippen molar-refractivity contribution in [1.29, 1.82) is 0 Å². The molecule has 3 aliphatic rings. The minimum Gasteiger partial charge on any atom is -0.344 e. The topological polar surface area (TPSA) is 58.4 Å². The van der Waals surface area contributed by atoms with Crippen LogP contribution in [0.25, 0.3) is 5.52 Å². The molecular weight excluding hydrogens is 312 g/mol. The Labute approximate surface area is 148 Å². The minimum atomic E-state index is -0.481. The quantitative estimate of drug-likeness (QED) is 0.900. The summed E-state index contributed by atoms with van der Waals surface area (Å²) < 4.78 is 2.19. The van der Waals surface area contributed by atoms with Crippen LogP contribution in [0.5, 0.6) is 0 Å². The molecule has 2 N–H and O–H groups in total. The van der Waals surface area contributed by atoms with Crippen LogP contribution in [0.4, 0.5) is 0 Å². The summed E-state index contributed by atoms with van der Waals surface area (Å²) in [5, 5.41) is 6.66. The third kappa shape index (κ3) is 2.32. The van der Waals surface area contributed by atoms with E-state index in [0.29, 0.717) is 17.8 Å². The monoisotopic (exact) mass is 338 g/mol. The van der Waals surface area contributed by atoms with Crippen LogP contribution in [0, 0.1) is 24.7 Å². The number of hydrogen-bond acceptors (Lipinski definition) is 3. The summed E-state index contributed by atoms with van der Waals surface area (Å²) in [6, 6.07) is 4.22. The molecule has 1 saturated heterocycles. The number of carbonyl (C=O) groups excluding carboxylic acids is 1. The highest BCUT2D eigenvalue weighted by atomic mass is 16.2. The normalized spacial score (nSPS) is 28.2. The summed E-state index contributed by atoms with van der Waals surface area (Å²) in [5.74, 6) is 3.00. The van der Waals surface area contributed by atoms with E-state index in [1.165, 1.54) is 29.6 Å². The van der Waals surface area contributed by atoms with E-state index in [9.17, 15) is 4.79 Å². The number of aromatic nitrogens is 2. The van der Waals surface area contributed by atoms with Gasteiger partial charge in [0.1, 0.15) is 5.82 Å². The molecule has 5 rings (SSSR count). The van der Waals surface area contributed by atoms with Gasteiger partial charge in [-0.2, -0.15) is 0 Å². The first-order chi connectivity index (χ1) is 12.0. The van der Waals surface area contributed by atoms with Crippen molar-refractivity contribution in [3.8, 4) is 0 Å². The maximum atomic E-state index is 12.8. The first-order valence-corrected chi connectivity index (χ1v) is 9.48. The molecule has 0 spiro atoms. The van der Waals surface area contributed by atoms with Crippen molar-refractivity contribution in [2.75, 3.05) is 13.1 Å². The van der Waals surface area contributed by atoms with Crippen LogP contribution in [0.3, 0.4) is 0 Å². The third-order valence-corrected chi connectivity index (χ3v) is 6.25. The number of fused-ring (bicyclic) bond motifs is 2. The van der Waals surface area contributed by atoms with Crippen molar-refractivity contribution in [2.24, 2.45) is 17.8 Å². The molecule has 1 amide bonds. The van der Waals surface area contributed by atoms with Crippen LogP contribution in [0.2, 0.25) is 0 Å². The maximum absolute atomic E-state index is 12.8. The molecule has 2 saturated carbocycles. The van der Waals surface area contributed by atoms with Crippen molar-refractivity contribution in [3.63, 3.8) is 0 Å². The van der Waals surface area contributed by atoms with E-state index in [1.54, 1.807) is 0 Å². The highest BCUT2D eigenvalue weighted by Gasteiger charge is 2.57. The lowest BCUT2D eigenvalue weighted by molar-refractivity contribution is -0.124. The van der Waals surface area contributed by atoms with Crippen LogP contribution in [-0.4, -0.2) is 28.4 Å². The zero-order valence-electron chi connectivity index (χ0n) is 15.2. The van der Waals surface area contributed by atoms with E-state index in [2.05, 4.69) is 54.1 Å². The van der Waals surface area contributed by atoms with Gasteiger partial charge in [0, 0.05) is 18.0 Å². The Morgan fingerprint density at radius 1 is 1.32 bits per heavy atom. The van der Waals surface area contributed by atoms with Gasteiger partial charge in [0.05, 0.1) is 16.7 Å². The number of amides is 1. The molecule has 2 aliphatic carbocycles. The molecule has 0 bridgehead atoms. The minimum absolute atomic E-state index is 0.191. The first kappa shape index (κ1) is 15.4. The summed E-state index contributed by atoms with van der Waals surface area (Å²) in [7, 11) is 0. The average Bonchev–Trinajstić information content (AvgIpc) is 3.43. The number of imidazole rings is 1. The number of pyridine rings is 1. The maximum Gasteiger partial charge on any atom is 0.224 e. The smallest absolute Gasteiger partial charge is 0.224 e. The van der Waals surface area contributed by atoms with Crippen molar-refractivity contribution >= 4 is 11.4 Å². The second-order valence-corrected chi connectivity index (χ2v) is 8.63. The highest BCUT2D eigenvalue weighted by Crippen LogP contribution is 2.49. The van der Waals surface area contributed by atoms with Gasteiger partial charge in [0.2, 0.25) is 5.91 Å². The molecule has 5 nitrogen and oxygen atoms in total. The SMILES string of the molecule is Cc1cccn2c(C(C)(C)NC(=O)[C@H]3[C@@H]4CNC[C@@H]43)nc(C3CC3)c12. The standard InChI is InChI=1S/C20H26N4O/c1-11-5-4-8-24-17(11)16(12-6-7-12)22-19(24)20(2,3)23-18(25)15-13-9-21-10-14(13)15/h4-5,8,12-15,21H,6-7,9-10H2,1-3H3,(H,23,25)/t13-,14+,15+. The molecule has 0 aromatic carbocycles. The lowest BCUT2D eigenvalue weighted by Crippen LogP contribution is -2.44. The molecule has 0 radical (unpaired) electrons. The van der Waals surface area contributed by atoms with E-state index in [-0.39, 0.29) is 11.8 Å². The van der Waals surface area contributed by atoms with Crippen molar-refractivity contribution < 1.29 is 4.79 Å². The molecule has 3 fully saturated rings. The van der Waals surface area contributed by atoms with Crippen LogP contribution in [-0.2, 0) is 10.3 Å². The van der Waals surface area contributed by atoms with Gasteiger partial charge < -0.3 is 15.0 Å². The van der Waals surface area contributed by atoms with E-state index < -0.39 is 5.54 Å². The van der Waals surface area contributed by atoms with Crippen LogP contribution < -0.4 is 10.6 Å².